The molecule has 1 aromatic heterocycles. The van der Waals surface area contributed by atoms with E-state index in [4.69, 9.17) is 14.9 Å². The number of benzene rings is 3. The van der Waals surface area contributed by atoms with E-state index in [2.05, 4.69) is 21.5 Å². The van der Waals surface area contributed by atoms with E-state index in [0.717, 1.165) is 33.4 Å². The first-order valence-corrected chi connectivity index (χ1v) is 10.5. The summed E-state index contributed by atoms with van der Waals surface area (Å²) in [5.74, 6) is 0.132. The molecule has 4 rings (SSSR count). The number of carboxylic acids is 1. The Labute approximate surface area is 203 Å². The zero-order valence-corrected chi connectivity index (χ0v) is 19.3. The van der Waals surface area contributed by atoms with Crippen LogP contribution in [0, 0.1) is 18.3 Å². The monoisotopic (exact) mass is 474 g/mol. The lowest BCUT2D eigenvalue weighted by atomic mass is 9.97. The van der Waals surface area contributed by atoms with Crippen molar-refractivity contribution in [1.82, 2.24) is 15.5 Å². The van der Waals surface area contributed by atoms with E-state index in [1.54, 1.807) is 0 Å². The molecule has 2 N–H and O–H groups in total. The lowest BCUT2D eigenvalue weighted by Gasteiger charge is -2.07. The van der Waals surface area contributed by atoms with Crippen LogP contribution in [0.15, 0.2) is 71.3 Å². The highest BCUT2D eigenvalue weighted by Crippen LogP contribution is 2.29. The SMILES string of the molecule is Cc1cc(-c2nc(-c3ccc(CNCCC(=O)O)cc3)no2)ccc1-c1ccc(C#N)cc1.Cl. The molecular formula is C26H23ClN4O3. The Hall–Kier alpha value is -3.99. The number of hydrogen-bond acceptors (Lipinski definition) is 6. The van der Waals surface area contributed by atoms with Crippen LogP contribution in [0.5, 0.6) is 0 Å². The van der Waals surface area contributed by atoms with Crippen LogP contribution in [0.2, 0.25) is 0 Å². The fourth-order valence-corrected chi connectivity index (χ4v) is 3.50. The molecule has 0 amide bonds. The van der Waals surface area contributed by atoms with Crippen molar-refractivity contribution in [3.8, 4) is 40.0 Å². The van der Waals surface area contributed by atoms with E-state index >= 15 is 0 Å². The summed E-state index contributed by atoms with van der Waals surface area (Å²) >= 11 is 0. The summed E-state index contributed by atoms with van der Waals surface area (Å²) in [6.45, 7) is 3.04. The summed E-state index contributed by atoms with van der Waals surface area (Å²) in [6.07, 6.45) is 0.0949. The number of rotatable bonds is 8. The fraction of sp³-hybridized carbons (Fsp3) is 0.154. The number of aliphatic carboxylic acids is 1. The van der Waals surface area contributed by atoms with Gasteiger partial charge in [-0.25, -0.2) is 0 Å². The summed E-state index contributed by atoms with van der Waals surface area (Å²) in [5.41, 5.74) is 6.54. The number of aromatic nitrogens is 2. The van der Waals surface area contributed by atoms with Gasteiger partial charge in [-0.15, -0.1) is 12.4 Å². The predicted octanol–water partition coefficient (Wildman–Crippen LogP) is 5.24. The second-order valence-corrected chi connectivity index (χ2v) is 7.66. The van der Waals surface area contributed by atoms with Crippen molar-refractivity contribution in [3.63, 3.8) is 0 Å². The highest BCUT2D eigenvalue weighted by Gasteiger charge is 2.12. The minimum Gasteiger partial charge on any atom is -0.481 e. The van der Waals surface area contributed by atoms with Crippen LogP contribution in [0.4, 0.5) is 0 Å². The molecule has 0 radical (unpaired) electrons. The van der Waals surface area contributed by atoms with Gasteiger partial charge in [0.15, 0.2) is 0 Å². The molecule has 0 bridgehead atoms. The molecule has 0 unspecified atom stereocenters. The van der Waals surface area contributed by atoms with E-state index < -0.39 is 5.97 Å². The van der Waals surface area contributed by atoms with Gasteiger partial charge in [0.05, 0.1) is 18.1 Å². The average Bonchev–Trinajstić information content (AvgIpc) is 3.33. The first-order chi connectivity index (χ1) is 16.0. The maximum absolute atomic E-state index is 10.6. The molecule has 0 aliphatic carbocycles. The molecule has 1 heterocycles. The predicted molar refractivity (Wildman–Crippen MR) is 131 cm³/mol. The van der Waals surface area contributed by atoms with E-state index in [9.17, 15) is 4.79 Å². The van der Waals surface area contributed by atoms with Crippen molar-refractivity contribution in [2.45, 2.75) is 19.9 Å². The van der Waals surface area contributed by atoms with Crippen molar-refractivity contribution >= 4 is 18.4 Å². The minimum atomic E-state index is -0.815. The van der Waals surface area contributed by atoms with Crippen LogP contribution in [0.3, 0.4) is 0 Å². The van der Waals surface area contributed by atoms with Crippen LogP contribution >= 0.6 is 12.4 Å². The third kappa shape index (κ3) is 5.87. The van der Waals surface area contributed by atoms with Gasteiger partial charge in [0.1, 0.15) is 0 Å². The number of carbonyl (C=O) groups is 1. The Bertz CT molecular complexity index is 1310. The van der Waals surface area contributed by atoms with Crippen LogP contribution in [-0.4, -0.2) is 27.8 Å². The topological polar surface area (TPSA) is 112 Å². The Balaban J connectivity index is 0.00000324. The van der Waals surface area contributed by atoms with Gasteiger partial charge in [-0.3, -0.25) is 4.79 Å². The Morgan fingerprint density at radius 3 is 2.35 bits per heavy atom. The van der Waals surface area contributed by atoms with Crippen molar-refractivity contribution in [3.05, 3.63) is 83.4 Å². The Morgan fingerprint density at radius 2 is 1.71 bits per heavy atom. The highest BCUT2D eigenvalue weighted by atomic mass is 35.5. The number of carboxylic acid groups (broad SMARTS) is 1. The maximum atomic E-state index is 10.6. The van der Waals surface area contributed by atoms with Gasteiger partial charge < -0.3 is 14.9 Å². The normalized spacial score (nSPS) is 10.4. The number of nitrogens with one attached hydrogen (secondary N) is 1. The molecule has 4 aromatic rings. The molecule has 172 valence electrons. The zero-order chi connectivity index (χ0) is 23.2. The number of hydrogen-bond donors (Lipinski definition) is 2. The maximum Gasteiger partial charge on any atom is 0.304 e. The second-order valence-electron chi connectivity index (χ2n) is 7.66. The van der Waals surface area contributed by atoms with Crippen molar-refractivity contribution in [1.29, 1.82) is 5.26 Å². The van der Waals surface area contributed by atoms with Crippen LogP contribution in [0.1, 0.15) is 23.1 Å². The van der Waals surface area contributed by atoms with Crippen molar-refractivity contribution < 1.29 is 14.4 Å². The highest BCUT2D eigenvalue weighted by molar-refractivity contribution is 5.85. The first-order valence-electron chi connectivity index (χ1n) is 10.5. The Morgan fingerprint density at radius 1 is 1.03 bits per heavy atom. The van der Waals surface area contributed by atoms with Crippen molar-refractivity contribution in [2.24, 2.45) is 0 Å². The summed E-state index contributed by atoms with van der Waals surface area (Å²) in [6, 6.07) is 23.4. The molecule has 0 saturated heterocycles. The number of nitrogens with zero attached hydrogens (tertiary/aromatic N) is 3. The number of nitriles is 1. The largest absolute Gasteiger partial charge is 0.481 e. The third-order valence-corrected chi connectivity index (χ3v) is 5.28. The van der Waals surface area contributed by atoms with E-state index in [0.29, 0.717) is 30.4 Å². The molecular weight excluding hydrogens is 452 g/mol. The molecule has 34 heavy (non-hydrogen) atoms. The van der Waals surface area contributed by atoms with E-state index in [1.165, 1.54) is 0 Å². The molecule has 0 aliphatic rings. The lowest BCUT2D eigenvalue weighted by Crippen LogP contribution is -2.17. The summed E-state index contributed by atoms with van der Waals surface area (Å²) in [5, 5.41) is 24.9. The van der Waals surface area contributed by atoms with Crippen LogP contribution in [-0.2, 0) is 11.3 Å². The molecule has 0 fully saturated rings. The van der Waals surface area contributed by atoms with Crippen molar-refractivity contribution in [2.75, 3.05) is 6.54 Å². The molecule has 0 aliphatic heterocycles. The molecule has 0 atom stereocenters. The zero-order valence-electron chi connectivity index (χ0n) is 18.5. The summed E-state index contributed by atoms with van der Waals surface area (Å²) in [7, 11) is 0. The summed E-state index contributed by atoms with van der Waals surface area (Å²) < 4.78 is 5.50. The minimum absolute atomic E-state index is 0. The fourth-order valence-electron chi connectivity index (χ4n) is 3.50. The van der Waals surface area contributed by atoms with Crippen LogP contribution in [0.25, 0.3) is 34.0 Å². The van der Waals surface area contributed by atoms with E-state index in [-0.39, 0.29) is 18.8 Å². The van der Waals surface area contributed by atoms with Gasteiger partial charge in [-0.1, -0.05) is 47.6 Å². The molecule has 8 heteroatoms. The summed E-state index contributed by atoms with van der Waals surface area (Å²) in [4.78, 5) is 15.1. The molecule has 7 nitrogen and oxygen atoms in total. The Kier molecular flexibility index (Phi) is 8.14. The number of aryl methyl sites for hydroxylation is 1. The second kappa shape index (κ2) is 11.2. The quantitative estimate of drug-likeness (QED) is 0.336. The average molecular weight is 475 g/mol. The molecule has 0 saturated carbocycles. The van der Waals surface area contributed by atoms with E-state index in [1.807, 2.05) is 73.7 Å². The van der Waals surface area contributed by atoms with Gasteiger partial charge in [0, 0.05) is 24.2 Å². The smallest absolute Gasteiger partial charge is 0.304 e. The number of halogens is 1. The van der Waals surface area contributed by atoms with Gasteiger partial charge in [0.25, 0.3) is 5.89 Å². The van der Waals surface area contributed by atoms with Gasteiger partial charge in [-0.2, -0.15) is 10.2 Å². The first kappa shape index (κ1) is 24.6. The van der Waals surface area contributed by atoms with Gasteiger partial charge in [-0.05, 0) is 53.4 Å². The third-order valence-electron chi connectivity index (χ3n) is 5.28. The van der Waals surface area contributed by atoms with Gasteiger partial charge >= 0.3 is 5.97 Å². The van der Waals surface area contributed by atoms with Crippen LogP contribution < -0.4 is 5.32 Å². The lowest BCUT2D eigenvalue weighted by molar-refractivity contribution is -0.136. The standard InChI is InChI=1S/C26H22N4O3.ClH/c1-17-14-22(10-11-23(17)20-6-2-18(15-27)3-7-20)26-29-25(30-33-26)21-8-4-19(5-9-21)16-28-13-12-24(31)32;/h2-11,14,28H,12-13,16H2,1H3,(H,31,32);1H. The molecule has 0 spiro atoms. The molecule has 3 aromatic carbocycles. The van der Waals surface area contributed by atoms with Gasteiger partial charge in [0.2, 0.25) is 5.82 Å².